The Bertz CT molecular complexity index is 1400. The molecule has 3 aromatic carbocycles. The first-order valence-electron chi connectivity index (χ1n) is 11.1. The summed E-state index contributed by atoms with van der Waals surface area (Å²) in [5, 5.41) is 17.5. The third-order valence-electron chi connectivity index (χ3n) is 5.44. The summed E-state index contributed by atoms with van der Waals surface area (Å²) in [6.45, 7) is 0.561. The fraction of sp³-hybridized carbons (Fsp3) is 0.154. The van der Waals surface area contributed by atoms with Crippen LogP contribution in [0.3, 0.4) is 0 Å². The predicted octanol–water partition coefficient (Wildman–Crippen LogP) is 5.12. The molecule has 4 rings (SSSR count). The third-order valence-corrected chi connectivity index (χ3v) is 6.46. The lowest BCUT2D eigenvalue weighted by Gasteiger charge is -2.21. The lowest BCUT2D eigenvalue weighted by molar-refractivity contribution is -0.136. The first-order chi connectivity index (χ1) is 17.3. The number of para-hydroxylation sites is 1. The highest BCUT2D eigenvalue weighted by atomic mass is 35.5. The van der Waals surface area contributed by atoms with Gasteiger partial charge in [-0.1, -0.05) is 18.2 Å². The molecule has 4 aromatic rings. The zero-order chi connectivity index (χ0) is 25.7. The number of amides is 1. The van der Waals surface area contributed by atoms with Gasteiger partial charge in [0.2, 0.25) is 0 Å². The molecule has 1 amide bonds. The van der Waals surface area contributed by atoms with Crippen LogP contribution in [-0.4, -0.2) is 41.6 Å². The van der Waals surface area contributed by atoms with E-state index >= 15 is 0 Å². The van der Waals surface area contributed by atoms with Crippen LogP contribution in [0.25, 0.3) is 10.2 Å². The lowest BCUT2D eigenvalue weighted by Crippen LogP contribution is -2.35. The van der Waals surface area contributed by atoms with E-state index in [2.05, 4.69) is 0 Å². The molecule has 0 radical (unpaired) electrons. The number of aromatic nitrogens is 1. The standard InChI is InChI=1S/C26H25N5O4S.ClH/c1-30(18-9-7-17(8-10-18)25(27)28)16-23-29-21-15-20(11-12-22(21)36-23)35-26(34)31(14-13-24(32)33)19-5-3-2-4-6-19;/h2-12,15H,13-14,16H2,1H3,(H3,27,28)(H,32,33);1H. The number of amidine groups is 1. The Labute approximate surface area is 224 Å². The summed E-state index contributed by atoms with van der Waals surface area (Å²) in [6.07, 6.45) is -0.866. The highest BCUT2D eigenvalue weighted by Crippen LogP contribution is 2.28. The molecule has 0 spiro atoms. The van der Waals surface area contributed by atoms with Crippen molar-refractivity contribution >= 4 is 63.2 Å². The number of rotatable bonds is 9. The largest absolute Gasteiger partial charge is 0.481 e. The number of aliphatic carboxylic acids is 1. The smallest absolute Gasteiger partial charge is 0.419 e. The van der Waals surface area contributed by atoms with Crippen molar-refractivity contribution in [3.8, 4) is 5.75 Å². The second kappa shape index (κ2) is 12.2. The summed E-state index contributed by atoms with van der Waals surface area (Å²) in [6, 6.07) is 21.5. The third kappa shape index (κ3) is 6.96. The van der Waals surface area contributed by atoms with E-state index < -0.39 is 12.1 Å². The quantitative estimate of drug-likeness (QED) is 0.198. The van der Waals surface area contributed by atoms with E-state index in [1.807, 2.05) is 48.3 Å². The van der Waals surface area contributed by atoms with Crippen molar-refractivity contribution < 1.29 is 19.4 Å². The average molecular weight is 540 g/mol. The first kappa shape index (κ1) is 27.4. The molecule has 1 aromatic heterocycles. The molecular formula is C26H26ClN5O4S. The van der Waals surface area contributed by atoms with Crippen LogP contribution in [0.2, 0.25) is 0 Å². The van der Waals surface area contributed by atoms with E-state index in [0.29, 0.717) is 29.1 Å². The van der Waals surface area contributed by atoms with Crippen molar-refractivity contribution in [1.82, 2.24) is 4.98 Å². The minimum absolute atomic E-state index is 0. The van der Waals surface area contributed by atoms with Crippen molar-refractivity contribution in [2.24, 2.45) is 5.73 Å². The average Bonchev–Trinajstić information content (AvgIpc) is 3.26. The summed E-state index contributed by atoms with van der Waals surface area (Å²) in [5.41, 5.74) is 8.43. The number of carboxylic acid groups (broad SMARTS) is 1. The van der Waals surface area contributed by atoms with Crippen LogP contribution in [-0.2, 0) is 11.3 Å². The Kier molecular flexibility index (Phi) is 9.05. The van der Waals surface area contributed by atoms with E-state index in [1.165, 1.54) is 4.90 Å². The second-order valence-electron chi connectivity index (χ2n) is 8.05. The van der Waals surface area contributed by atoms with Crippen LogP contribution in [0.5, 0.6) is 5.75 Å². The van der Waals surface area contributed by atoms with E-state index in [4.69, 9.17) is 26.0 Å². The number of nitrogens with zero attached hydrogens (tertiary/aromatic N) is 3. The van der Waals surface area contributed by atoms with Crippen LogP contribution < -0.4 is 20.3 Å². The van der Waals surface area contributed by atoms with Crippen LogP contribution in [0.1, 0.15) is 17.0 Å². The van der Waals surface area contributed by atoms with Gasteiger partial charge in [0.25, 0.3) is 0 Å². The molecule has 0 aliphatic rings. The van der Waals surface area contributed by atoms with Gasteiger partial charge in [-0.3, -0.25) is 15.1 Å². The van der Waals surface area contributed by atoms with Crippen molar-refractivity contribution in [3.63, 3.8) is 0 Å². The molecule has 4 N–H and O–H groups in total. The molecule has 0 aliphatic carbocycles. The Balaban J connectivity index is 0.00000380. The van der Waals surface area contributed by atoms with Gasteiger partial charge in [-0.15, -0.1) is 23.7 Å². The predicted molar refractivity (Wildman–Crippen MR) is 148 cm³/mol. The van der Waals surface area contributed by atoms with Gasteiger partial charge in [0.15, 0.2) is 0 Å². The number of carbonyl (C=O) groups is 2. The van der Waals surface area contributed by atoms with Crippen molar-refractivity contribution in [2.75, 3.05) is 23.4 Å². The molecule has 0 fully saturated rings. The second-order valence-corrected chi connectivity index (χ2v) is 9.17. The molecule has 37 heavy (non-hydrogen) atoms. The highest BCUT2D eigenvalue weighted by Gasteiger charge is 2.19. The molecule has 1 heterocycles. The van der Waals surface area contributed by atoms with E-state index in [-0.39, 0.29) is 31.2 Å². The number of fused-ring (bicyclic) bond motifs is 1. The topological polar surface area (TPSA) is 133 Å². The Morgan fingerprint density at radius 1 is 1.05 bits per heavy atom. The van der Waals surface area contributed by atoms with Crippen LogP contribution in [0.15, 0.2) is 72.8 Å². The van der Waals surface area contributed by atoms with Gasteiger partial charge >= 0.3 is 12.1 Å². The summed E-state index contributed by atoms with van der Waals surface area (Å²) < 4.78 is 6.54. The van der Waals surface area contributed by atoms with E-state index in [9.17, 15) is 9.59 Å². The summed E-state index contributed by atoms with van der Waals surface area (Å²) in [4.78, 5) is 32.0. The SMILES string of the molecule is CN(Cc1nc2cc(OC(=O)N(CCC(=O)O)c3ccccc3)ccc2s1)c1ccc(C(=N)N)cc1.Cl. The molecule has 0 atom stereocenters. The number of halogens is 1. The number of nitrogens with one attached hydrogen (secondary N) is 1. The first-order valence-corrected chi connectivity index (χ1v) is 11.9. The molecule has 0 unspecified atom stereocenters. The monoisotopic (exact) mass is 539 g/mol. The maximum Gasteiger partial charge on any atom is 0.419 e. The fourth-order valence-electron chi connectivity index (χ4n) is 3.57. The van der Waals surface area contributed by atoms with Gasteiger partial charge < -0.3 is 20.5 Å². The van der Waals surface area contributed by atoms with Gasteiger partial charge in [-0.25, -0.2) is 9.78 Å². The number of nitrogens with two attached hydrogens (primary N) is 1. The summed E-state index contributed by atoms with van der Waals surface area (Å²) in [5.74, 6) is -0.644. The van der Waals surface area contributed by atoms with Gasteiger partial charge in [0.1, 0.15) is 16.6 Å². The number of hydrogen-bond donors (Lipinski definition) is 3. The molecular weight excluding hydrogens is 514 g/mol. The molecule has 192 valence electrons. The van der Waals surface area contributed by atoms with Crippen LogP contribution in [0, 0.1) is 5.41 Å². The molecule has 0 saturated heterocycles. The minimum Gasteiger partial charge on any atom is -0.481 e. The maximum absolute atomic E-state index is 12.9. The normalized spacial score (nSPS) is 10.4. The Hall–Kier alpha value is -4.15. The summed E-state index contributed by atoms with van der Waals surface area (Å²) >= 11 is 1.55. The molecule has 0 bridgehead atoms. The van der Waals surface area contributed by atoms with Gasteiger partial charge in [-0.2, -0.15) is 0 Å². The number of nitrogen functional groups attached to an aromatic ring is 1. The molecule has 0 saturated carbocycles. The number of carbonyl (C=O) groups excluding carboxylic acids is 1. The molecule has 0 aliphatic heterocycles. The van der Waals surface area contributed by atoms with Crippen molar-refractivity contribution in [1.29, 1.82) is 5.41 Å². The van der Waals surface area contributed by atoms with Crippen LogP contribution >= 0.6 is 23.7 Å². The molecule has 11 heteroatoms. The van der Waals surface area contributed by atoms with E-state index in [1.54, 1.807) is 47.7 Å². The Morgan fingerprint density at radius 2 is 1.76 bits per heavy atom. The Morgan fingerprint density at radius 3 is 2.41 bits per heavy atom. The number of anilines is 2. The minimum atomic E-state index is -1.00. The van der Waals surface area contributed by atoms with Crippen molar-refractivity contribution in [2.45, 2.75) is 13.0 Å². The zero-order valence-corrected chi connectivity index (χ0v) is 21.6. The summed E-state index contributed by atoms with van der Waals surface area (Å²) in [7, 11) is 1.96. The van der Waals surface area contributed by atoms with Crippen LogP contribution in [0.4, 0.5) is 16.2 Å². The van der Waals surface area contributed by atoms with Gasteiger partial charge in [0.05, 0.1) is 23.2 Å². The number of benzene rings is 3. The maximum atomic E-state index is 12.9. The van der Waals surface area contributed by atoms with Crippen molar-refractivity contribution in [3.05, 3.63) is 83.4 Å². The number of carboxylic acids is 1. The molecule has 9 nitrogen and oxygen atoms in total. The highest BCUT2D eigenvalue weighted by molar-refractivity contribution is 7.18. The number of thiazole rings is 1. The lowest BCUT2D eigenvalue weighted by atomic mass is 10.2. The zero-order valence-electron chi connectivity index (χ0n) is 20.0. The van der Waals surface area contributed by atoms with Gasteiger partial charge in [0, 0.05) is 36.6 Å². The fourth-order valence-corrected chi connectivity index (χ4v) is 4.57. The van der Waals surface area contributed by atoms with Gasteiger partial charge in [-0.05, 0) is 48.5 Å². The number of ether oxygens (including phenoxy) is 1. The van der Waals surface area contributed by atoms with E-state index in [0.717, 1.165) is 15.4 Å². The number of hydrogen-bond acceptors (Lipinski definition) is 7.